The number of hydrogen-bond acceptors (Lipinski definition) is 4. The van der Waals surface area contributed by atoms with E-state index < -0.39 is 0 Å². The van der Waals surface area contributed by atoms with Gasteiger partial charge in [-0.05, 0) is 55.4 Å². The van der Waals surface area contributed by atoms with E-state index >= 15 is 0 Å². The Labute approximate surface area is 145 Å². The first kappa shape index (κ1) is 15.4. The molecule has 3 heterocycles. The number of aryl methyl sites for hydroxylation is 2. The van der Waals surface area contributed by atoms with E-state index in [4.69, 9.17) is 4.74 Å². The van der Waals surface area contributed by atoms with Crippen molar-refractivity contribution in [2.45, 2.75) is 39.7 Å². The number of fused-ring (bicyclic) bond motifs is 2. The van der Waals surface area contributed by atoms with Gasteiger partial charge in [0, 0.05) is 17.3 Å². The molecule has 5 heteroatoms. The van der Waals surface area contributed by atoms with Crippen molar-refractivity contribution in [2.24, 2.45) is 5.92 Å². The van der Waals surface area contributed by atoms with E-state index in [1.165, 1.54) is 16.9 Å². The molecule has 1 aliphatic carbocycles. The molecule has 124 valence electrons. The molecule has 4 rings (SSSR count). The summed E-state index contributed by atoms with van der Waals surface area (Å²) < 4.78 is 7.45. The van der Waals surface area contributed by atoms with Crippen LogP contribution in [0.5, 0.6) is 0 Å². The van der Waals surface area contributed by atoms with Crippen molar-refractivity contribution in [3.63, 3.8) is 0 Å². The average Bonchev–Trinajstić information content (AvgIpc) is 3.16. The van der Waals surface area contributed by atoms with Crippen molar-refractivity contribution in [3.8, 4) is 0 Å². The maximum absolute atomic E-state index is 12.4. The van der Waals surface area contributed by atoms with E-state index in [1.54, 1.807) is 11.3 Å². The molecular formula is C19H20N2O2S. The Morgan fingerprint density at radius 2 is 2.38 bits per heavy atom. The number of carbonyl (C=O) groups is 1. The molecule has 0 aromatic carbocycles. The summed E-state index contributed by atoms with van der Waals surface area (Å²) in [5.74, 6) is 0.466. The highest BCUT2D eigenvalue weighted by Crippen LogP contribution is 2.32. The monoisotopic (exact) mass is 340 g/mol. The molecule has 3 aromatic rings. The minimum Gasteiger partial charge on any atom is -0.455 e. The summed E-state index contributed by atoms with van der Waals surface area (Å²) in [7, 11) is 0. The van der Waals surface area contributed by atoms with Crippen LogP contribution >= 0.6 is 11.3 Å². The number of esters is 1. The molecule has 0 unspecified atom stereocenters. The molecule has 1 aliphatic rings. The van der Waals surface area contributed by atoms with Gasteiger partial charge in [-0.15, -0.1) is 11.3 Å². The van der Waals surface area contributed by atoms with E-state index in [0.29, 0.717) is 10.8 Å². The number of hydrogen-bond donors (Lipinski definition) is 0. The van der Waals surface area contributed by atoms with Gasteiger partial charge in [0.1, 0.15) is 17.1 Å². The second-order valence-corrected chi connectivity index (χ2v) is 7.77. The van der Waals surface area contributed by atoms with E-state index in [2.05, 4.69) is 11.9 Å². The van der Waals surface area contributed by atoms with Gasteiger partial charge in [0.15, 0.2) is 0 Å². The zero-order valence-corrected chi connectivity index (χ0v) is 14.7. The first-order valence-corrected chi connectivity index (χ1v) is 9.13. The summed E-state index contributed by atoms with van der Waals surface area (Å²) in [6.45, 7) is 4.50. The second kappa shape index (κ2) is 6.06. The second-order valence-electron chi connectivity index (χ2n) is 6.64. The van der Waals surface area contributed by atoms with Gasteiger partial charge in [0.25, 0.3) is 0 Å². The number of rotatable bonds is 3. The Morgan fingerprint density at radius 1 is 1.50 bits per heavy atom. The molecule has 24 heavy (non-hydrogen) atoms. The summed E-state index contributed by atoms with van der Waals surface area (Å²) in [4.78, 5) is 19.0. The van der Waals surface area contributed by atoms with Gasteiger partial charge in [0.05, 0.1) is 5.69 Å². The fourth-order valence-electron chi connectivity index (χ4n) is 3.29. The van der Waals surface area contributed by atoms with Crippen molar-refractivity contribution in [3.05, 3.63) is 57.2 Å². The van der Waals surface area contributed by atoms with E-state index in [0.717, 1.165) is 29.7 Å². The van der Waals surface area contributed by atoms with Crippen LogP contribution in [-0.4, -0.2) is 15.4 Å². The summed E-state index contributed by atoms with van der Waals surface area (Å²) in [6.07, 6.45) is 7.24. The zero-order valence-electron chi connectivity index (χ0n) is 13.9. The number of carbonyl (C=O) groups excluding carboxylic acids is 1. The van der Waals surface area contributed by atoms with Crippen LogP contribution in [0.1, 0.15) is 44.7 Å². The molecule has 0 amide bonds. The van der Waals surface area contributed by atoms with Crippen LogP contribution in [0.25, 0.3) is 5.65 Å². The van der Waals surface area contributed by atoms with Gasteiger partial charge in [-0.2, -0.15) is 0 Å². The molecule has 0 bridgehead atoms. The Kier molecular flexibility index (Phi) is 3.88. The lowest BCUT2D eigenvalue weighted by atomic mass is 9.90. The standard InChI is InChI=1S/C19H20N2O2S/c1-12-5-6-16-14(8-12)9-17(24-16)19(22)23-11-15-10-21-7-3-4-13(2)18(21)20-15/h3-4,7,9-10,12H,5-6,8,11H2,1-2H3/t12-/m0/s1. The van der Waals surface area contributed by atoms with Crippen LogP contribution in [0.15, 0.2) is 30.6 Å². The minimum absolute atomic E-state index is 0.207. The van der Waals surface area contributed by atoms with Gasteiger partial charge in [-0.3, -0.25) is 0 Å². The fourth-order valence-corrected chi connectivity index (χ4v) is 4.39. The Hall–Kier alpha value is -2.14. The summed E-state index contributed by atoms with van der Waals surface area (Å²) in [5, 5.41) is 0. The van der Waals surface area contributed by atoms with Gasteiger partial charge in [0.2, 0.25) is 0 Å². The fraction of sp³-hybridized carbons (Fsp3) is 0.368. The highest BCUT2D eigenvalue weighted by Gasteiger charge is 2.21. The minimum atomic E-state index is -0.240. The van der Waals surface area contributed by atoms with Crippen LogP contribution in [-0.2, 0) is 24.2 Å². The third-order valence-electron chi connectivity index (χ3n) is 4.61. The Balaban J connectivity index is 1.47. The molecule has 0 saturated carbocycles. The van der Waals surface area contributed by atoms with Crippen molar-refractivity contribution in [1.82, 2.24) is 9.38 Å². The van der Waals surface area contributed by atoms with Crippen LogP contribution in [0.4, 0.5) is 0 Å². The molecule has 3 aromatic heterocycles. The number of imidazole rings is 1. The van der Waals surface area contributed by atoms with Crippen molar-refractivity contribution < 1.29 is 9.53 Å². The summed E-state index contributed by atoms with van der Waals surface area (Å²) in [6, 6.07) is 6.03. The molecule has 0 saturated heterocycles. The predicted octanol–water partition coefficient (Wildman–Crippen LogP) is 4.19. The zero-order chi connectivity index (χ0) is 16.7. The first-order chi connectivity index (χ1) is 11.6. The Bertz CT molecular complexity index is 909. The third kappa shape index (κ3) is 2.84. The van der Waals surface area contributed by atoms with Gasteiger partial charge < -0.3 is 9.14 Å². The number of thiophene rings is 1. The van der Waals surface area contributed by atoms with Crippen molar-refractivity contribution in [1.29, 1.82) is 0 Å². The maximum atomic E-state index is 12.4. The molecule has 0 N–H and O–H groups in total. The van der Waals surface area contributed by atoms with Crippen LogP contribution < -0.4 is 0 Å². The average molecular weight is 340 g/mol. The maximum Gasteiger partial charge on any atom is 0.348 e. The molecule has 0 radical (unpaired) electrons. The van der Waals surface area contributed by atoms with Crippen LogP contribution in [0.2, 0.25) is 0 Å². The molecule has 0 spiro atoms. The quantitative estimate of drug-likeness (QED) is 0.672. The molecule has 1 atom stereocenters. The molecule has 4 nitrogen and oxygen atoms in total. The van der Waals surface area contributed by atoms with E-state index in [9.17, 15) is 4.79 Å². The largest absolute Gasteiger partial charge is 0.455 e. The first-order valence-electron chi connectivity index (χ1n) is 8.32. The third-order valence-corrected chi connectivity index (χ3v) is 5.83. The number of pyridine rings is 1. The lowest BCUT2D eigenvalue weighted by Gasteiger charge is -2.16. The predicted molar refractivity (Wildman–Crippen MR) is 94.6 cm³/mol. The number of ether oxygens (including phenoxy) is 1. The molecule has 0 aliphatic heterocycles. The highest BCUT2D eigenvalue weighted by molar-refractivity contribution is 7.14. The molecular weight excluding hydrogens is 320 g/mol. The van der Waals surface area contributed by atoms with E-state index in [-0.39, 0.29) is 12.6 Å². The van der Waals surface area contributed by atoms with Crippen molar-refractivity contribution in [2.75, 3.05) is 0 Å². The van der Waals surface area contributed by atoms with Crippen LogP contribution in [0, 0.1) is 12.8 Å². The van der Waals surface area contributed by atoms with Crippen LogP contribution in [0.3, 0.4) is 0 Å². The van der Waals surface area contributed by atoms with Gasteiger partial charge >= 0.3 is 5.97 Å². The summed E-state index contributed by atoms with van der Waals surface area (Å²) in [5.41, 5.74) is 4.11. The number of nitrogens with zero attached hydrogens (tertiary/aromatic N) is 2. The number of aromatic nitrogens is 2. The normalized spacial score (nSPS) is 17.0. The van der Waals surface area contributed by atoms with Gasteiger partial charge in [-0.25, -0.2) is 9.78 Å². The summed E-state index contributed by atoms with van der Waals surface area (Å²) >= 11 is 1.59. The smallest absolute Gasteiger partial charge is 0.348 e. The SMILES string of the molecule is Cc1cccn2cc(COC(=O)c3cc4c(s3)CC[C@H](C)C4)nc12. The topological polar surface area (TPSA) is 43.6 Å². The lowest BCUT2D eigenvalue weighted by molar-refractivity contribution is 0.0474. The highest BCUT2D eigenvalue weighted by atomic mass is 32.1. The lowest BCUT2D eigenvalue weighted by Crippen LogP contribution is -2.08. The van der Waals surface area contributed by atoms with E-state index in [1.807, 2.05) is 41.9 Å². The van der Waals surface area contributed by atoms with Gasteiger partial charge in [-0.1, -0.05) is 13.0 Å². The Morgan fingerprint density at radius 3 is 3.21 bits per heavy atom. The molecule has 0 fully saturated rings. The van der Waals surface area contributed by atoms with Crippen molar-refractivity contribution >= 4 is 23.0 Å².